The number of hydrogen-bond donors (Lipinski definition) is 1. The van der Waals surface area contributed by atoms with Gasteiger partial charge in [-0.2, -0.15) is 0 Å². The summed E-state index contributed by atoms with van der Waals surface area (Å²) in [4.78, 5) is 16.5. The lowest BCUT2D eigenvalue weighted by atomic mass is 10.1. The van der Waals surface area contributed by atoms with E-state index in [1.54, 1.807) is 0 Å². The second-order valence-electron chi connectivity index (χ2n) is 5.02. The Balaban J connectivity index is 1.67. The van der Waals surface area contributed by atoms with Gasteiger partial charge in [0, 0.05) is 13.5 Å². The number of carbonyl (C=O) groups is 1. The molecule has 0 bridgehead atoms. The van der Waals surface area contributed by atoms with Gasteiger partial charge in [0.25, 0.3) is 0 Å². The van der Waals surface area contributed by atoms with Gasteiger partial charge < -0.3 is 4.57 Å². The molecular weight excluding hydrogens is 262 g/mol. The number of imidazole rings is 1. The molecule has 0 aliphatic carbocycles. The summed E-state index contributed by atoms with van der Waals surface area (Å²) in [6.07, 6.45) is 1.18. The molecule has 0 saturated heterocycles. The molecule has 4 heteroatoms. The van der Waals surface area contributed by atoms with Gasteiger partial charge in [-0.1, -0.05) is 42.5 Å². The molecule has 0 aliphatic rings. The van der Waals surface area contributed by atoms with E-state index in [9.17, 15) is 4.79 Å². The molecule has 106 valence electrons. The monoisotopic (exact) mass is 279 g/mol. The molecule has 3 aromatic rings. The third-order valence-corrected chi connectivity index (χ3v) is 3.52. The van der Waals surface area contributed by atoms with Crippen molar-refractivity contribution in [3.8, 4) is 0 Å². The zero-order valence-corrected chi connectivity index (χ0v) is 11.9. The van der Waals surface area contributed by atoms with Gasteiger partial charge in [-0.15, -0.1) is 0 Å². The summed E-state index contributed by atoms with van der Waals surface area (Å²) in [5.74, 6) is 0.575. The summed E-state index contributed by atoms with van der Waals surface area (Å²) in [5.41, 5.74) is 3.06. The van der Waals surface area contributed by atoms with E-state index < -0.39 is 0 Å². The number of hydrogen-bond acceptors (Lipinski definition) is 2. The zero-order chi connectivity index (χ0) is 14.7. The Morgan fingerprint density at radius 2 is 1.81 bits per heavy atom. The maximum atomic E-state index is 12.1. The molecule has 0 radical (unpaired) electrons. The van der Waals surface area contributed by atoms with Crippen LogP contribution in [-0.4, -0.2) is 15.5 Å². The average molecular weight is 279 g/mol. The van der Waals surface area contributed by atoms with E-state index in [2.05, 4.69) is 10.3 Å². The summed E-state index contributed by atoms with van der Waals surface area (Å²) in [7, 11) is 1.90. The molecular formula is C17H17N3O. The highest BCUT2D eigenvalue weighted by Crippen LogP contribution is 2.17. The van der Waals surface area contributed by atoms with Crippen LogP contribution in [0.25, 0.3) is 11.0 Å². The van der Waals surface area contributed by atoms with Gasteiger partial charge in [0.05, 0.1) is 11.0 Å². The second kappa shape index (κ2) is 5.79. The van der Waals surface area contributed by atoms with E-state index in [1.807, 2.05) is 66.2 Å². The quantitative estimate of drug-likeness (QED) is 0.797. The Kier molecular flexibility index (Phi) is 3.69. The van der Waals surface area contributed by atoms with Crippen LogP contribution in [0.15, 0.2) is 54.6 Å². The number of rotatable bonds is 4. The maximum absolute atomic E-state index is 12.1. The number of nitrogens with one attached hydrogen (secondary N) is 1. The Morgan fingerprint density at radius 1 is 1.10 bits per heavy atom. The predicted molar refractivity (Wildman–Crippen MR) is 84.1 cm³/mol. The molecule has 0 spiro atoms. The van der Waals surface area contributed by atoms with E-state index in [-0.39, 0.29) is 5.91 Å². The number of anilines is 1. The standard InChI is InChI=1S/C17H17N3O/c1-20-15-10-6-5-9-14(15)18-17(20)19-16(21)12-11-13-7-3-2-4-8-13/h2-10H,11-12H2,1H3,(H,18,19,21). The molecule has 4 nitrogen and oxygen atoms in total. The van der Waals surface area contributed by atoms with Gasteiger partial charge in [-0.3, -0.25) is 10.1 Å². The third-order valence-electron chi connectivity index (χ3n) is 3.52. The first kappa shape index (κ1) is 13.4. The Morgan fingerprint density at radius 3 is 2.57 bits per heavy atom. The molecule has 1 heterocycles. The van der Waals surface area contributed by atoms with Gasteiger partial charge in [0.2, 0.25) is 11.9 Å². The Bertz CT molecular complexity index is 762. The number of amides is 1. The minimum Gasteiger partial charge on any atom is -0.313 e. The van der Waals surface area contributed by atoms with E-state index >= 15 is 0 Å². The van der Waals surface area contributed by atoms with Gasteiger partial charge in [-0.05, 0) is 24.1 Å². The number of para-hydroxylation sites is 2. The molecule has 0 atom stereocenters. The first-order valence-corrected chi connectivity index (χ1v) is 6.99. The smallest absolute Gasteiger partial charge is 0.227 e. The van der Waals surface area contributed by atoms with E-state index in [0.717, 1.165) is 23.0 Å². The van der Waals surface area contributed by atoms with Crippen LogP contribution in [0.4, 0.5) is 5.95 Å². The number of fused-ring (bicyclic) bond motifs is 1. The number of nitrogens with zero attached hydrogens (tertiary/aromatic N) is 2. The molecule has 1 amide bonds. The molecule has 0 saturated carbocycles. The highest BCUT2D eigenvalue weighted by atomic mass is 16.1. The van der Waals surface area contributed by atoms with E-state index in [1.165, 1.54) is 0 Å². The van der Waals surface area contributed by atoms with Crippen LogP contribution >= 0.6 is 0 Å². The van der Waals surface area contributed by atoms with Crippen LogP contribution in [0.2, 0.25) is 0 Å². The highest BCUT2D eigenvalue weighted by molar-refractivity contribution is 5.91. The molecule has 0 unspecified atom stereocenters. The third kappa shape index (κ3) is 2.94. The van der Waals surface area contributed by atoms with Crippen molar-refractivity contribution < 1.29 is 4.79 Å². The molecule has 1 N–H and O–H groups in total. The van der Waals surface area contributed by atoms with E-state index in [0.29, 0.717) is 12.4 Å². The van der Waals surface area contributed by atoms with Crippen molar-refractivity contribution in [1.82, 2.24) is 9.55 Å². The average Bonchev–Trinajstić information content (AvgIpc) is 2.83. The van der Waals surface area contributed by atoms with Crippen LogP contribution in [0.3, 0.4) is 0 Å². The van der Waals surface area contributed by atoms with Crippen molar-refractivity contribution in [2.45, 2.75) is 12.8 Å². The fraction of sp³-hybridized carbons (Fsp3) is 0.176. The van der Waals surface area contributed by atoms with Gasteiger partial charge in [-0.25, -0.2) is 4.98 Å². The maximum Gasteiger partial charge on any atom is 0.227 e. The predicted octanol–water partition coefficient (Wildman–Crippen LogP) is 3.14. The first-order chi connectivity index (χ1) is 10.2. The largest absolute Gasteiger partial charge is 0.313 e. The molecule has 21 heavy (non-hydrogen) atoms. The van der Waals surface area contributed by atoms with Crippen molar-refractivity contribution in [2.24, 2.45) is 7.05 Å². The summed E-state index contributed by atoms with van der Waals surface area (Å²) in [6, 6.07) is 17.8. The number of carbonyl (C=O) groups excluding carboxylic acids is 1. The minimum atomic E-state index is -0.0164. The Labute approximate surface area is 123 Å². The lowest BCUT2D eigenvalue weighted by Crippen LogP contribution is -2.15. The van der Waals surface area contributed by atoms with Crippen molar-refractivity contribution in [1.29, 1.82) is 0 Å². The summed E-state index contributed by atoms with van der Waals surface area (Å²) in [5, 5.41) is 2.88. The van der Waals surface area contributed by atoms with Crippen LogP contribution in [0, 0.1) is 0 Å². The fourth-order valence-electron chi connectivity index (χ4n) is 2.35. The van der Waals surface area contributed by atoms with Gasteiger partial charge >= 0.3 is 0 Å². The SMILES string of the molecule is Cn1c(NC(=O)CCc2ccccc2)nc2ccccc21. The summed E-state index contributed by atoms with van der Waals surface area (Å²) < 4.78 is 1.90. The fourth-order valence-corrected chi connectivity index (χ4v) is 2.35. The van der Waals surface area contributed by atoms with Crippen LogP contribution in [-0.2, 0) is 18.3 Å². The summed E-state index contributed by atoms with van der Waals surface area (Å²) in [6.45, 7) is 0. The minimum absolute atomic E-state index is 0.0164. The molecule has 2 aromatic carbocycles. The second-order valence-corrected chi connectivity index (χ2v) is 5.02. The van der Waals surface area contributed by atoms with Gasteiger partial charge in [0.15, 0.2) is 0 Å². The van der Waals surface area contributed by atoms with Crippen molar-refractivity contribution in [3.63, 3.8) is 0 Å². The summed E-state index contributed by atoms with van der Waals surface area (Å²) >= 11 is 0. The first-order valence-electron chi connectivity index (χ1n) is 6.99. The number of aryl methyl sites for hydroxylation is 2. The van der Waals surface area contributed by atoms with Gasteiger partial charge in [0.1, 0.15) is 0 Å². The lowest BCUT2D eigenvalue weighted by Gasteiger charge is -2.05. The normalized spacial score (nSPS) is 10.7. The topological polar surface area (TPSA) is 46.9 Å². The van der Waals surface area contributed by atoms with Crippen LogP contribution in [0.1, 0.15) is 12.0 Å². The van der Waals surface area contributed by atoms with Crippen LogP contribution in [0.5, 0.6) is 0 Å². The molecule has 0 aliphatic heterocycles. The van der Waals surface area contributed by atoms with Crippen molar-refractivity contribution in [3.05, 3.63) is 60.2 Å². The van der Waals surface area contributed by atoms with Crippen LogP contribution < -0.4 is 5.32 Å². The Hall–Kier alpha value is -2.62. The van der Waals surface area contributed by atoms with E-state index in [4.69, 9.17) is 0 Å². The molecule has 3 rings (SSSR count). The lowest BCUT2D eigenvalue weighted by molar-refractivity contribution is -0.116. The zero-order valence-electron chi connectivity index (χ0n) is 11.9. The van der Waals surface area contributed by atoms with Crippen molar-refractivity contribution in [2.75, 3.05) is 5.32 Å². The molecule has 0 fully saturated rings. The molecule has 1 aromatic heterocycles. The number of aromatic nitrogens is 2. The van der Waals surface area contributed by atoms with Crippen molar-refractivity contribution >= 4 is 22.9 Å². The highest BCUT2D eigenvalue weighted by Gasteiger charge is 2.10. The number of benzene rings is 2.